The van der Waals surface area contributed by atoms with Crippen molar-refractivity contribution in [1.82, 2.24) is 0 Å². The molecule has 2 aromatic rings. The second-order valence-electron chi connectivity index (χ2n) is 7.20. The molecule has 0 radical (unpaired) electrons. The molecule has 0 nitrogen and oxygen atoms in total. The normalized spacial score (nSPS) is 10.2. The van der Waals surface area contributed by atoms with Crippen LogP contribution in [0.4, 0.5) is 0 Å². The largest absolute Gasteiger partial charge is 0.742 e. The third-order valence-corrected chi connectivity index (χ3v) is 4.80. The van der Waals surface area contributed by atoms with Gasteiger partial charge in [-0.15, -0.1) is 0 Å². The summed E-state index contributed by atoms with van der Waals surface area (Å²) in [6.45, 7) is 11.4. The zero-order valence-corrected chi connectivity index (χ0v) is 18.9. The van der Waals surface area contributed by atoms with E-state index in [4.69, 9.17) is 0 Å². The van der Waals surface area contributed by atoms with Crippen molar-refractivity contribution in [2.45, 2.75) is 98.8 Å². The van der Waals surface area contributed by atoms with Crippen LogP contribution < -0.4 is 0 Å². The van der Waals surface area contributed by atoms with Crippen LogP contribution in [-0.2, 0) is 49.2 Å². The van der Waals surface area contributed by atoms with Gasteiger partial charge in [-0.25, -0.2) is 37.8 Å². The van der Waals surface area contributed by atoms with Crippen LogP contribution in [0.15, 0.2) is 30.3 Å². The fraction of sp³-hybridized carbons (Fsp3) is 0.600. The third-order valence-electron chi connectivity index (χ3n) is 4.80. The third kappa shape index (κ3) is 8.28. The zero-order chi connectivity index (χ0) is 18.5. The minimum atomic E-state index is 0. The maximum atomic E-state index is 2.52. The molecule has 0 bridgehead atoms. The monoisotopic (exact) mass is 396 g/mol. The van der Waals surface area contributed by atoms with Crippen LogP contribution in [0.5, 0.6) is 0 Å². The second-order valence-corrected chi connectivity index (χ2v) is 7.20. The van der Waals surface area contributed by atoms with Crippen molar-refractivity contribution in [3.8, 4) is 0 Å². The first-order valence-electron chi connectivity index (χ1n) is 10.7. The molecule has 0 saturated carbocycles. The summed E-state index contributed by atoms with van der Waals surface area (Å²) in [7, 11) is 0. The minimum absolute atomic E-state index is 0. The maximum absolute atomic E-state index is 2.52. The van der Waals surface area contributed by atoms with E-state index < -0.39 is 0 Å². The molecule has 2 aromatic carbocycles. The Labute approximate surface area is 174 Å². The van der Waals surface area contributed by atoms with Crippen molar-refractivity contribution in [1.29, 1.82) is 0 Å². The van der Waals surface area contributed by atoms with Crippen LogP contribution >= 0.6 is 0 Å². The Morgan fingerprint density at radius 3 is 1.31 bits per heavy atom. The van der Waals surface area contributed by atoms with Crippen molar-refractivity contribution in [2.75, 3.05) is 0 Å². The molecule has 0 saturated heterocycles. The second kappa shape index (κ2) is 15.3. The molecule has 0 aliphatic rings. The molecule has 26 heavy (non-hydrogen) atoms. The van der Waals surface area contributed by atoms with Gasteiger partial charge in [0.05, 0.1) is 0 Å². The predicted octanol–water partition coefficient (Wildman–Crippen LogP) is 7.57. The average Bonchev–Trinajstić information content (AvgIpc) is 3.21. The Bertz CT molecular complexity index is 514. The molecular formula is C25H40Fe-6. The summed E-state index contributed by atoms with van der Waals surface area (Å²) in [5.41, 5.74) is 8.19. The molecule has 0 heterocycles. The van der Waals surface area contributed by atoms with Gasteiger partial charge >= 0.3 is 0 Å². The zero-order valence-electron chi connectivity index (χ0n) is 17.8. The molecule has 0 unspecified atom stereocenters. The van der Waals surface area contributed by atoms with Crippen LogP contribution in [0, 0.1) is 0 Å². The van der Waals surface area contributed by atoms with Crippen LogP contribution in [0.25, 0.3) is 0 Å². The van der Waals surface area contributed by atoms with Gasteiger partial charge in [-0.05, 0) is 0 Å². The van der Waals surface area contributed by atoms with Gasteiger partial charge in [0.1, 0.15) is 0 Å². The van der Waals surface area contributed by atoms with E-state index in [0.29, 0.717) is 0 Å². The SMILES string of the molecule is CCC[c-]1[cH-][c-](CCC)[c-](CCC)[c-]1CCC.CCC[c-]1cccc1.[Fe]. The summed E-state index contributed by atoms with van der Waals surface area (Å²) in [5.74, 6) is 0. The van der Waals surface area contributed by atoms with Gasteiger partial charge in [0, 0.05) is 17.1 Å². The molecule has 1 heteroatoms. The number of rotatable bonds is 10. The van der Waals surface area contributed by atoms with Gasteiger partial charge in [-0.3, -0.25) is 0 Å². The quantitative estimate of drug-likeness (QED) is 0.287. The van der Waals surface area contributed by atoms with E-state index in [-0.39, 0.29) is 17.1 Å². The molecule has 2 rings (SSSR count). The van der Waals surface area contributed by atoms with Crippen LogP contribution in [0.2, 0.25) is 0 Å². The van der Waals surface area contributed by atoms with Gasteiger partial charge in [-0.2, -0.15) is 17.7 Å². The fourth-order valence-electron chi connectivity index (χ4n) is 3.75. The first-order valence-corrected chi connectivity index (χ1v) is 10.7. The van der Waals surface area contributed by atoms with Crippen molar-refractivity contribution in [3.05, 3.63) is 58.1 Å². The van der Waals surface area contributed by atoms with E-state index in [1.165, 1.54) is 69.8 Å². The van der Waals surface area contributed by atoms with Crippen molar-refractivity contribution in [2.24, 2.45) is 0 Å². The Morgan fingerprint density at radius 1 is 0.577 bits per heavy atom. The topological polar surface area (TPSA) is 0 Å². The fourth-order valence-corrected chi connectivity index (χ4v) is 3.75. The minimum Gasteiger partial charge on any atom is -0.742 e. The van der Waals surface area contributed by atoms with Crippen LogP contribution in [0.3, 0.4) is 0 Å². The smallest absolute Gasteiger partial charge is 0 e. The molecular weight excluding hydrogens is 356 g/mol. The van der Waals surface area contributed by atoms with Gasteiger partial charge in [0.2, 0.25) is 0 Å². The summed E-state index contributed by atoms with van der Waals surface area (Å²) in [6.07, 6.45) is 12.7. The predicted molar refractivity (Wildman–Crippen MR) is 114 cm³/mol. The number of hydrogen-bond donors (Lipinski definition) is 0. The van der Waals surface area contributed by atoms with Crippen molar-refractivity contribution in [3.63, 3.8) is 0 Å². The molecule has 0 amide bonds. The van der Waals surface area contributed by atoms with Crippen molar-refractivity contribution >= 4 is 0 Å². The van der Waals surface area contributed by atoms with Gasteiger partial charge in [-0.1, -0.05) is 73.1 Å². The van der Waals surface area contributed by atoms with Gasteiger partial charge in [0.15, 0.2) is 0 Å². The standard InChI is InChI=1S/C17H29.C8H11.Fe/c1-5-9-14-13-15(10-6-2)17(12-8-4)16(14)11-7-3;1-2-5-8-6-3-4-7-8;/h13H,5-12H2,1-4H3;3-4,6-7H,2,5H2,1H3;/q-5;-1;. The first kappa shape index (κ1) is 25.2. The summed E-state index contributed by atoms with van der Waals surface area (Å²) in [6, 6.07) is 11.0. The summed E-state index contributed by atoms with van der Waals surface area (Å²) < 4.78 is 0. The Hall–Kier alpha value is -0.781. The van der Waals surface area contributed by atoms with E-state index in [1.54, 1.807) is 22.3 Å². The van der Waals surface area contributed by atoms with E-state index in [0.717, 1.165) is 0 Å². The van der Waals surface area contributed by atoms with Gasteiger partial charge in [0.25, 0.3) is 0 Å². The Morgan fingerprint density at radius 2 is 0.962 bits per heavy atom. The van der Waals surface area contributed by atoms with Crippen LogP contribution in [0.1, 0.15) is 94.5 Å². The Balaban J connectivity index is 0.000000583. The summed E-state index contributed by atoms with van der Waals surface area (Å²) in [4.78, 5) is 0. The number of aryl methyl sites for hydroxylation is 3. The summed E-state index contributed by atoms with van der Waals surface area (Å²) >= 11 is 0. The van der Waals surface area contributed by atoms with Crippen LogP contribution in [-0.4, -0.2) is 0 Å². The molecule has 0 aliphatic carbocycles. The first-order chi connectivity index (χ1) is 12.2. The van der Waals surface area contributed by atoms with Gasteiger partial charge < -0.3 is 28.3 Å². The Kier molecular flexibility index (Phi) is 14.8. The molecule has 154 valence electrons. The molecule has 0 aromatic heterocycles. The molecule has 0 atom stereocenters. The summed E-state index contributed by atoms with van der Waals surface area (Å²) in [5, 5.41) is 0. The van der Waals surface area contributed by atoms with E-state index in [9.17, 15) is 0 Å². The van der Waals surface area contributed by atoms with Crippen molar-refractivity contribution < 1.29 is 17.1 Å². The van der Waals surface area contributed by atoms with E-state index >= 15 is 0 Å². The molecule has 0 fully saturated rings. The number of hydrogen-bond acceptors (Lipinski definition) is 0. The molecule has 0 aliphatic heterocycles. The van der Waals surface area contributed by atoms with E-state index in [2.05, 4.69) is 65.0 Å². The molecule has 0 N–H and O–H groups in total. The van der Waals surface area contributed by atoms with E-state index in [1.807, 2.05) is 0 Å². The molecule has 0 spiro atoms. The average molecular weight is 396 g/mol. The maximum Gasteiger partial charge on any atom is 0 e.